The molecular formula is C8H11FN2O4S2. The molecule has 4 N–H and O–H groups in total. The van der Waals surface area contributed by atoms with E-state index in [2.05, 4.69) is 4.36 Å². The molecule has 6 nitrogen and oxygen atoms in total. The molecule has 17 heavy (non-hydrogen) atoms. The van der Waals surface area contributed by atoms with Crippen LogP contribution in [0.5, 0.6) is 0 Å². The SMILES string of the molecule is CC(C)(O)c1cc(F)c(S(N)(=O)=NC(=O)O)s1. The minimum absolute atomic E-state index is 0.184. The molecule has 0 bridgehead atoms. The van der Waals surface area contributed by atoms with Gasteiger partial charge in [0.2, 0.25) is 0 Å². The number of rotatable bonds is 2. The number of aliphatic hydroxyl groups is 1. The maximum atomic E-state index is 13.5. The van der Waals surface area contributed by atoms with Crippen molar-refractivity contribution in [1.82, 2.24) is 0 Å². The summed E-state index contributed by atoms with van der Waals surface area (Å²) >= 11 is 0.633. The van der Waals surface area contributed by atoms with Gasteiger partial charge < -0.3 is 10.2 Å². The molecule has 0 aliphatic rings. The number of halogens is 1. The van der Waals surface area contributed by atoms with Gasteiger partial charge in [-0.1, -0.05) is 0 Å². The third-order valence-electron chi connectivity index (χ3n) is 1.74. The Morgan fingerprint density at radius 2 is 2.18 bits per heavy atom. The molecule has 1 amide bonds. The van der Waals surface area contributed by atoms with Crippen molar-refractivity contribution >= 4 is 27.3 Å². The summed E-state index contributed by atoms with van der Waals surface area (Å²) < 4.78 is 27.4. The summed E-state index contributed by atoms with van der Waals surface area (Å²) in [7, 11) is -3.82. The van der Waals surface area contributed by atoms with Gasteiger partial charge in [0, 0.05) is 4.88 Å². The van der Waals surface area contributed by atoms with Crippen LogP contribution in [-0.4, -0.2) is 20.5 Å². The zero-order chi connectivity index (χ0) is 13.4. The van der Waals surface area contributed by atoms with Crippen molar-refractivity contribution in [3.8, 4) is 0 Å². The first kappa shape index (κ1) is 14.0. The molecule has 0 aliphatic heterocycles. The van der Waals surface area contributed by atoms with E-state index in [4.69, 9.17) is 10.2 Å². The molecule has 1 aromatic rings. The van der Waals surface area contributed by atoms with E-state index >= 15 is 0 Å². The lowest BCUT2D eigenvalue weighted by molar-refractivity contribution is 0.0823. The van der Waals surface area contributed by atoms with Gasteiger partial charge in [0.25, 0.3) is 0 Å². The van der Waals surface area contributed by atoms with Gasteiger partial charge in [0.1, 0.15) is 0 Å². The number of amides is 1. The summed E-state index contributed by atoms with van der Waals surface area (Å²) in [5.41, 5.74) is -1.33. The van der Waals surface area contributed by atoms with Crippen molar-refractivity contribution in [1.29, 1.82) is 0 Å². The topological polar surface area (TPSA) is 113 Å². The lowest BCUT2D eigenvalue weighted by atomic mass is 10.1. The summed E-state index contributed by atoms with van der Waals surface area (Å²) in [6, 6.07) is 0.962. The third-order valence-corrected chi connectivity index (χ3v) is 5.08. The van der Waals surface area contributed by atoms with Gasteiger partial charge in [-0.25, -0.2) is 18.5 Å². The monoisotopic (exact) mass is 282 g/mol. The molecule has 1 rings (SSSR count). The molecule has 0 saturated carbocycles. The number of carbonyl (C=O) groups is 1. The smallest absolute Gasteiger partial charge is 0.440 e. The van der Waals surface area contributed by atoms with Crippen LogP contribution >= 0.6 is 11.3 Å². The van der Waals surface area contributed by atoms with Gasteiger partial charge in [-0.05, 0) is 19.9 Å². The van der Waals surface area contributed by atoms with Gasteiger partial charge in [-0.15, -0.1) is 15.7 Å². The number of hydrogen-bond donors (Lipinski definition) is 3. The zero-order valence-electron chi connectivity index (χ0n) is 9.01. The Balaban J connectivity index is 3.40. The first-order valence-corrected chi connectivity index (χ1v) is 6.73. The van der Waals surface area contributed by atoms with E-state index in [9.17, 15) is 18.5 Å². The van der Waals surface area contributed by atoms with E-state index in [1.807, 2.05) is 0 Å². The lowest BCUT2D eigenvalue weighted by Gasteiger charge is -2.13. The van der Waals surface area contributed by atoms with Crippen LogP contribution in [0.1, 0.15) is 18.7 Å². The summed E-state index contributed by atoms with van der Waals surface area (Å²) in [6.45, 7) is 2.82. The Hall–Kier alpha value is -1.03. The van der Waals surface area contributed by atoms with Crippen molar-refractivity contribution in [3.05, 3.63) is 16.8 Å². The standard InChI is InChI=1S/C8H11FN2O4S2/c1-8(2,14)5-3-4(9)6(16-5)17(10,15)11-7(12)13/h3,14H,1-2H3,(H,12,13)(H2,10,11,15). The highest BCUT2D eigenvalue weighted by atomic mass is 32.2. The second kappa shape index (κ2) is 4.33. The van der Waals surface area contributed by atoms with Crippen molar-refractivity contribution in [2.24, 2.45) is 9.50 Å². The van der Waals surface area contributed by atoms with Crippen LogP contribution in [0.3, 0.4) is 0 Å². The van der Waals surface area contributed by atoms with E-state index in [-0.39, 0.29) is 4.88 Å². The maximum absolute atomic E-state index is 13.5. The largest absolute Gasteiger partial charge is 0.463 e. The average Bonchev–Trinajstić information content (AvgIpc) is 2.44. The highest BCUT2D eigenvalue weighted by molar-refractivity contribution is 7.93. The second-order valence-corrected chi connectivity index (χ2v) is 6.79. The molecule has 0 aliphatic carbocycles. The van der Waals surface area contributed by atoms with Crippen LogP contribution in [0.15, 0.2) is 14.6 Å². The van der Waals surface area contributed by atoms with Gasteiger partial charge in [-0.2, -0.15) is 0 Å². The third kappa shape index (κ3) is 3.22. The fourth-order valence-electron chi connectivity index (χ4n) is 1.01. The van der Waals surface area contributed by atoms with Gasteiger partial charge in [0.15, 0.2) is 19.9 Å². The van der Waals surface area contributed by atoms with Gasteiger partial charge >= 0.3 is 6.09 Å². The van der Waals surface area contributed by atoms with Crippen LogP contribution in [0.2, 0.25) is 0 Å². The summed E-state index contributed by atoms with van der Waals surface area (Å²) in [5, 5.41) is 23.2. The van der Waals surface area contributed by atoms with Crippen molar-refractivity contribution in [3.63, 3.8) is 0 Å². The Bertz CT molecular complexity index is 567. The molecule has 1 heterocycles. The molecule has 9 heteroatoms. The van der Waals surface area contributed by atoms with Crippen LogP contribution in [0.25, 0.3) is 0 Å². The van der Waals surface area contributed by atoms with Crippen LogP contribution in [0, 0.1) is 5.82 Å². The second-order valence-electron chi connectivity index (χ2n) is 3.75. The fraction of sp³-hybridized carbons (Fsp3) is 0.375. The Kier molecular flexibility index (Phi) is 3.58. The van der Waals surface area contributed by atoms with Crippen LogP contribution < -0.4 is 5.14 Å². The van der Waals surface area contributed by atoms with Gasteiger partial charge in [0.05, 0.1) is 5.60 Å². The Morgan fingerprint density at radius 3 is 2.53 bits per heavy atom. The normalized spacial score (nSPS) is 15.4. The van der Waals surface area contributed by atoms with E-state index in [1.54, 1.807) is 0 Å². The first-order chi connectivity index (χ1) is 7.54. The summed E-state index contributed by atoms with van der Waals surface area (Å²) in [4.78, 5) is 10.5. The zero-order valence-corrected chi connectivity index (χ0v) is 10.6. The minimum Gasteiger partial charge on any atom is -0.463 e. The molecule has 1 aromatic heterocycles. The first-order valence-electron chi connectivity index (χ1n) is 4.34. The fourth-order valence-corrected chi connectivity index (χ4v) is 3.29. The van der Waals surface area contributed by atoms with E-state index in [1.165, 1.54) is 13.8 Å². The number of thiophene rings is 1. The molecule has 1 atom stereocenters. The van der Waals surface area contributed by atoms with E-state index in [0.29, 0.717) is 11.3 Å². The predicted octanol–water partition coefficient (Wildman–Crippen LogP) is 1.49. The molecule has 1 unspecified atom stereocenters. The van der Waals surface area contributed by atoms with E-state index in [0.717, 1.165) is 6.07 Å². The number of carboxylic acid groups (broad SMARTS) is 1. The van der Waals surface area contributed by atoms with Crippen LogP contribution in [-0.2, 0) is 15.5 Å². The Morgan fingerprint density at radius 1 is 1.65 bits per heavy atom. The van der Waals surface area contributed by atoms with Gasteiger partial charge in [-0.3, -0.25) is 0 Å². The predicted molar refractivity (Wildman–Crippen MR) is 60.6 cm³/mol. The molecule has 96 valence electrons. The molecule has 0 saturated heterocycles. The summed E-state index contributed by atoms with van der Waals surface area (Å²) in [6.07, 6.45) is -1.74. The molecule has 0 fully saturated rings. The van der Waals surface area contributed by atoms with E-state index < -0.39 is 31.6 Å². The minimum atomic E-state index is -3.82. The van der Waals surface area contributed by atoms with Crippen LogP contribution in [0.4, 0.5) is 9.18 Å². The van der Waals surface area contributed by atoms with Crippen molar-refractivity contribution in [2.45, 2.75) is 23.7 Å². The maximum Gasteiger partial charge on any atom is 0.440 e. The lowest BCUT2D eigenvalue weighted by Crippen LogP contribution is -2.14. The average molecular weight is 282 g/mol. The molecule has 0 radical (unpaired) electrons. The number of nitrogens with zero attached hydrogens (tertiary/aromatic N) is 1. The number of nitrogens with two attached hydrogens (primary N) is 1. The number of hydrogen-bond acceptors (Lipinski definition) is 4. The quantitative estimate of drug-likeness (QED) is 0.762. The molecule has 0 spiro atoms. The van der Waals surface area contributed by atoms with Crippen molar-refractivity contribution in [2.75, 3.05) is 0 Å². The molecular weight excluding hydrogens is 271 g/mol. The highest BCUT2D eigenvalue weighted by Crippen LogP contribution is 2.32. The summed E-state index contributed by atoms with van der Waals surface area (Å²) in [5.74, 6) is -0.940. The highest BCUT2D eigenvalue weighted by Gasteiger charge is 2.25. The Labute approximate surface area is 101 Å². The molecule has 0 aromatic carbocycles. The van der Waals surface area contributed by atoms with Crippen molar-refractivity contribution < 1.29 is 23.6 Å².